The Kier molecular flexibility index (Phi) is 6.08. The SMILES string of the molecule is COC(=O)[C@]1(OC(C)=O)C[C@@H](O)[C@@H](OC(C)=O)[C@H](OC(C)=O)C1. The third-order valence-corrected chi connectivity index (χ3v) is 3.33. The van der Waals surface area contributed by atoms with Gasteiger partial charge in [0.05, 0.1) is 13.2 Å². The normalized spacial score (nSPS) is 30.0. The summed E-state index contributed by atoms with van der Waals surface area (Å²) in [5.41, 5.74) is -1.82. The Hall–Kier alpha value is -2.16. The molecule has 0 aromatic heterocycles. The van der Waals surface area contributed by atoms with Crippen LogP contribution in [0.5, 0.6) is 0 Å². The highest BCUT2D eigenvalue weighted by Crippen LogP contribution is 2.36. The average molecular weight is 332 g/mol. The van der Waals surface area contributed by atoms with Crippen molar-refractivity contribution in [1.82, 2.24) is 0 Å². The lowest BCUT2D eigenvalue weighted by Gasteiger charge is -2.42. The van der Waals surface area contributed by atoms with Gasteiger partial charge in [0.25, 0.3) is 0 Å². The molecule has 1 N–H and O–H groups in total. The van der Waals surface area contributed by atoms with Crippen molar-refractivity contribution in [2.24, 2.45) is 0 Å². The van der Waals surface area contributed by atoms with Gasteiger partial charge in [-0.25, -0.2) is 4.79 Å². The second-order valence-electron chi connectivity index (χ2n) is 5.28. The minimum absolute atomic E-state index is 0.298. The van der Waals surface area contributed by atoms with Gasteiger partial charge >= 0.3 is 23.9 Å². The van der Waals surface area contributed by atoms with E-state index in [1.165, 1.54) is 0 Å². The molecule has 4 atom stereocenters. The zero-order chi connectivity index (χ0) is 17.8. The molecular formula is C14H20O9. The van der Waals surface area contributed by atoms with Crippen molar-refractivity contribution in [2.45, 2.75) is 57.5 Å². The van der Waals surface area contributed by atoms with Gasteiger partial charge in [0.2, 0.25) is 5.60 Å². The van der Waals surface area contributed by atoms with E-state index in [-0.39, 0.29) is 12.8 Å². The minimum Gasteiger partial charge on any atom is -0.466 e. The van der Waals surface area contributed by atoms with Crippen molar-refractivity contribution in [1.29, 1.82) is 0 Å². The van der Waals surface area contributed by atoms with Crippen LogP contribution in [-0.2, 0) is 38.1 Å². The highest BCUT2D eigenvalue weighted by Gasteiger charge is 2.56. The first kappa shape index (κ1) is 18.9. The number of rotatable bonds is 4. The molecule has 0 saturated heterocycles. The molecule has 9 heteroatoms. The fourth-order valence-corrected chi connectivity index (χ4v) is 2.65. The molecule has 1 saturated carbocycles. The van der Waals surface area contributed by atoms with Gasteiger partial charge in [0.1, 0.15) is 6.10 Å². The van der Waals surface area contributed by atoms with E-state index >= 15 is 0 Å². The van der Waals surface area contributed by atoms with Crippen LogP contribution in [0.4, 0.5) is 0 Å². The number of aliphatic hydroxyl groups is 1. The standard InChI is InChI=1S/C14H20O9/c1-7(15)21-11-6-14(13(19)20-4,23-9(3)17)5-10(18)12(11)22-8(2)16/h10-12,18H,5-6H2,1-4H3/t10-,11-,12-,14+/m1/s1. The molecular weight excluding hydrogens is 312 g/mol. The number of aliphatic hydroxyl groups excluding tert-OH is 1. The molecule has 1 fully saturated rings. The van der Waals surface area contributed by atoms with Crippen LogP contribution < -0.4 is 0 Å². The van der Waals surface area contributed by atoms with E-state index in [1.54, 1.807) is 0 Å². The van der Waals surface area contributed by atoms with Crippen molar-refractivity contribution in [2.75, 3.05) is 7.11 Å². The molecule has 0 unspecified atom stereocenters. The Morgan fingerprint density at radius 2 is 1.52 bits per heavy atom. The number of hydrogen-bond acceptors (Lipinski definition) is 9. The number of hydrogen-bond donors (Lipinski definition) is 1. The highest BCUT2D eigenvalue weighted by molar-refractivity contribution is 5.83. The summed E-state index contributed by atoms with van der Waals surface area (Å²) < 4.78 is 19.7. The molecule has 23 heavy (non-hydrogen) atoms. The molecule has 1 aliphatic carbocycles. The van der Waals surface area contributed by atoms with Gasteiger partial charge in [-0.3, -0.25) is 14.4 Å². The molecule has 1 aliphatic rings. The summed E-state index contributed by atoms with van der Waals surface area (Å²) in [4.78, 5) is 45.8. The van der Waals surface area contributed by atoms with E-state index in [0.717, 1.165) is 27.9 Å². The largest absolute Gasteiger partial charge is 0.466 e. The van der Waals surface area contributed by atoms with Gasteiger partial charge in [-0.15, -0.1) is 0 Å². The number of methoxy groups -OCH3 is 1. The van der Waals surface area contributed by atoms with E-state index in [0.29, 0.717) is 0 Å². The average Bonchev–Trinajstić information content (AvgIpc) is 2.40. The lowest BCUT2D eigenvalue weighted by Crippen LogP contribution is -2.60. The maximum Gasteiger partial charge on any atom is 0.350 e. The van der Waals surface area contributed by atoms with Gasteiger partial charge in [-0.2, -0.15) is 0 Å². The molecule has 0 amide bonds. The third-order valence-electron chi connectivity index (χ3n) is 3.33. The molecule has 0 spiro atoms. The summed E-state index contributed by atoms with van der Waals surface area (Å²) in [6.45, 7) is 3.35. The summed E-state index contributed by atoms with van der Waals surface area (Å²) in [6, 6.07) is 0. The fraction of sp³-hybridized carbons (Fsp3) is 0.714. The summed E-state index contributed by atoms with van der Waals surface area (Å²) in [6.07, 6.45) is -4.39. The maximum absolute atomic E-state index is 12.1. The van der Waals surface area contributed by atoms with E-state index in [2.05, 4.69) is 4.74 Å². The molecule has 0 aromatic carbocycles. The van der Waals surface area contributed by atoms with E-state index in [1.807, 2.05) is 0 Å². The first-order chi connectivity index (χ1) is 10.6. The predicted octanol–water partition coefficient (Wildman–Crippen LogP) is -0.521. The van der Waals surface area contributed by atoms with Crippen molar-refractivity contribution < 1.29 is 43.2 Å². The molecule has 0 heterocycles. The lowest BCUT2D eigenvalue weighted by molar-refractivity contribution is -0.216. The molecule has 0 aromatic rings. The van der Waals surface area contributed by atoms with Gasteiger partial charge < -0.3 is 24.1 Å². The van der Waals surface area contributed by atoms with E-state index in [9.17, 15) is 24.3 Å². The molecule has 9 nitrogen and oxygen atoms in total. The molecule has 130 valence electrons. The summed E-state index contributed by atoms with van der Waals surface area (Å²) in [7, 11) is 1.10. The van der Waals surface area contributed by atoms with Crippen molar-refractivity contribution >= 4 is 23.9 Å². The van der Waals surface area contributed by atoms with Gasteiger partial charge in [0.15, 0.2) is 6.10 Å². The van der Waals surface area contributed by atoms with Gasteiger partial charge in [-0.05, 0) is 0 Å². The fourth-order valence-electron chi connectivity index (χ4n) is 2.65. The van der Waals surface area contributed by atoms with Crippen molar-refractivity contribution in [3.05, 3.63) is 0 Å². The Morgan fingerprint density at radius 1 is 0.957 bits per heavy atom. The first-order valence-corrected chi connectivity index (χ1v) is 6.92. The highest BCUT2D eigenvalue weighted by atomic mass is 16.6. The molecule has 0 bridgehead atoms. The molecule has 0 radical (unpaired) electrons. The first-order valence-electron chi connectivity index (χ1n) is 6.92. The third kappa shape index (κ3) is 4.65. The van der Waals surface area contributed by atoms with E-state index in [4.69, 9.17) is 14.2 Å². The minimum atomic E-state index is -1.82. The summed E-state index contributed by atoms with van der Waals surface area (Å²) >= 11 is 0. The van der Waals surface area contributed by atoms with Crippen molar-refractivity contribution in [3.8, 4) is 0 Å². The number of carbonyl (C=O) groups is 4. The van der Waals surface area contributed by atoms with Crippen LogP contribution in [-0.4, -0.2) is 60.0 Å². The van der Waals surface area contributed by atoms with E-state index < -0.39 is 47.8 Å². The zero-order valence-electron chi connectivity index (χ0n) is 13.4. The van der Waals surface area contributed by atoms with Gasteiger partial charge in [-0.1, -0.05) is 0 Å². The van der Waals surface area contributed by atoms with Crippen molar-refractivity contribution in [3.63, 3.8) is 0 Å². The lowest BCUT2D eigenvalue weighted by atomic mass is 9.79. The van der Waals surface area contributed by atoms with Crippen LogP contribution in [0.25, 0.3) is 0 Å². The Bertz CT molecular complexity index is 500. The second-order valence-corrected chi connectivity index (χ2v) is 5.28. The topological polar surface area (TPSA) is 125 Å². The summed E-state index contributed by atoms with van der Waals surface area (Å²) in [5.74, 6) is -3.06. The Labute approximate surface area is 132 Å². The predicted molar refractivity (Wildman–Crippen MR) is 72.9 cm³/mol. The van der Waals surface area contributed by atoms with Gasteiger partial charge in [0, 0.05) is 33.6 Å². The molecule has 0 aliphatic heterocycles. The Balaban J connectivity index is 3.17. The van der Waals surface area contributed by atoms with Crippen LogP contribution in [0.2, 0.25) is 0 Å². The zero-order valence-corrected chi connectivity index (χ0v) is 13.4. The molecule has 1 rings (SSSR count). The number of carbonyl (C=O) groups excluding carboxylic acids is 4. The number of esters is 4. The summed E-state index contributed by atoms with van der Waals surface area (Å²) in [5, 5.41) is 10.2. The Morgan fingerprint density at radius 3 is 1.96 bits per heavy atom. The number of ether oxygens (including phenoxy) is 4. The smallest absolute Gasteiger partial charge is 0.350 e. The quantitative estimate of drug-likeness (QED) is 0.534. The van der Waals surface area contributed by atoms with Crippen LogP contribution in [0.1, 0.15) is 33.6 Å². The second kappa shape index (κ2) is 7.40. The monoisotopic (exact) mass is 332 g/mol. The van der Waals surface area contributed by atoms with Crippen LogP contribution in [0.15, 0.2) is 0 Å². The van der Waals surface area contributed by atoms with Crippen LogP contribution in [0.3, 0.4) is 0 Å². The van der Waals surface area contributed by atoms with Crippen LogP contribution in [0, 0.1) is 0 Å². The maximum atomic E-state index is 12.1. The van der Waals surface area contributed by atoms with Crippen LogP contribution >= 0.6 is 0 Å².